The van der Waals surface area contributed by atoms with Crippen molar-refractivity contribution >= 4 is 5.78 Å². The van der Waals surface area contributed by atoms with Gasteiger partial charge in [-0.1, -0.05) is 65.8 Å². The number of carbonyl (C=O) groups excluding carboxylic acids is 1. The Kier molecular flexibility index (Phi) is 2.73. The van der Waals surface area contributed by atoms with Crippen LogP contribution in [0.5, 0.6) is 0 Å². The molecule has 0 bridgehead atoms. The Morgan fingerprint density at radius 1 is 0.944 bits per heavy atom. The van der Waals surface area contributed by atoms with Gasteiger partial charge in [0.2, 0.25) is 0 Å². The van der Waals surface area contributed by atoms with Crippen molar-refractivity contribution < 1.29 is 4.79 Å². The SMILES string of the molecule is CC(C)(C)C1(C(C)(C)C)CC(=O)c2ccccc21. The minimum absolute atomic E-state index is 0.0630. The van der Waals surface area contributed by atoms with Crippen molar-refractivity contribution in [1.29, 1.82) is 0 Å². The molecular weight excluding hydrogens is 220 g/mol. The summed E-state index contributed by atoms with van der Waals surface area (Å²) in [5.74, 6) is 0.301. The first-order valence-electron chi connectivity index (χ1n) is 6.74. The maximum Gasteiger partial charge on any atom is 0.164 e. The second kappa shape index (κ2) is 3.69. The zero-order valence-corrected chi connectivity index (χ0v) is 12.4. The quantitative estimate of drug-likeness (QED) is 0.651. The van der Waals surface area contributed by atoms with E-state index in [2.05, 4.69) is 53.7 Å². The smallest absolute Gasteiger partial charge is 0.164 e. The highest BCUT2D eigenvalue weighted by molar-refractivity contribution is 6.02. The molecule has 1 aliphatic carbocycles. The number of carbonyl (C=O) groups is 1. The summed E-state index contributed by atoms with van der Waals surface area (Å²) in [7, 11) is 0. The predicted molar refractivity (Wildman–Crippen MR) is 76.0 cm³/mol. The largest absolute Gasteiger partial charge is 0.294 e. The van der Waals surface area contributed by atoms with Gasteiger partial charge in [-0.25, -0.2) is 0 Å². The fourth-order valence-corrected chi connectivity index (χ4v) is 3.99. The Balaban J connectivity index is 2.78. The van der Waals surface area contributed by atoms with Gasteiger partial charge in [0, 0.05) is 17.4 Å². The van der Waals surface area contributed by atoms with Crippen LogP contribution in [0.15, 0.2) is 24.3 Å². The van der Waals surface area contributed by atoms with Crippen LogP contribution in [-0.2, 0) is 5.41 Å². The molecule has 1 aromatic carbocycles. The van der Waals surface area contributed by atoms with Gasteiger partial charge in [0.25, 0.3) is 0 Å². The van der Waals surface area contributed by atoms with Crippen LogP contribution in [0.25, 0.3) is 0 Å². The lowest BCUT2D eigenvalue weighted by Gasteiger charge is -2.52. The average Bonchev–Trinajstić information content (AvgIpc) is 2.52. The predicted octanol–water partition coefficient (Wildman–Crippen LogP) is 4.60. The van der Waals surface area contributed by atoms with Gasteiger partial charge in [-0.15, -0.1) is 0 Å². The van der Waals surface area contributed by atoms with E-state index in [0.29, 0.717) is 12.2 Å². The minimum atomic E-state index is -0.0757. The second-order valence-corrected chi connectivity index (χ2v) is 7.55. The molecule has 1 heteroatoms. The number of fused-ring (bicyclic) bond motifs is 1. The fraction of sp³-hybridized carbons (Fsp3) is 0.588. The summed E-state index contributed by atoms with van der Waals surface area (Å²) in [5, 5.41) is 0. The van der Waals surface area contributed by atoms with Crippen LogP contribution in [0.2, 0.25) is 0 Å². The van der Waals surface area contributed by atoms with Crippen molar-refractivity contribution in [2.45, 2.75) is 53.4 Å². The van der Waals surface area contributed by atoms with Crippen molar-refractivity contribution in [3.8, 4) is 0 Å². The molecule has 18 heavy (non-hydrogen) atoms. The molecule has 0 aromatic heterocycles. The molecule has 0 aliphatic heterocycles. The Labute approximate surface area is 111 Å². The third-order valence-corrected chi connectivity index (χ3v) is 4.67. The van der Waals surface area contributed by atoms with Crippen LogP contribution in [0.1, 0.15) is 63.9 Å². The molecule has 1 nitrogen and oxygen atoms in total. The standard InChI is InChI=1S/C17H24O/c1-15(2,3)17(16(4,5)6)11-14(18)12-9-7-8-10-13(12)17/h7-10H,11H2,1-6H3. The van der Waals surface area contributed by atoms with Gasteiger partial charge in [0.15, 0.2) is 5.78 Å². The third-order valence-electron chi connectivity index (χ3n) is 4.67. The molecule has 0 radical (unpaired) electrons. The van der Waals surface area contributed by atoms with Gasteiger partial charge in [0.1, 0.15) is 0 Å². The number of hydrogen-bond acceptors (Lipinski definition) is 1. The molecule has 1 aromatic rings. The number of hydrogen-bond donors (Lipinski definition) is 0. The Morgan fingerprint density at radius 2 is 1.44 bits per heavy atom. The van der Waals surface area contributed by atoms with Crippen molar-refractivity contribution in [3.05, 3.63) is 35.4 Å². The molecule has 0 N–H and O–H groups in total. The summed E-state index contributed by atoms with van der Waals surface area (Å²) in [6.07, 6.45) is 0.638. The van der Waals surface area contributed by atoms with E-state index in [1.54, 1.807) is 0 Å². The molecule has 0 spiro atoms. The molecule has 98 valence electrons. The summed E-state index contributed by atoms with van der Waals surface area (Å²) in [6.45, 7) is 13.5. The lowest BCUT2D eigenvalue weighted by molar-refractivity contribution is 0.0476. The highest BCUT2D eigenvalue weighted by Crippen LogP contribution is 2.59. The van der Waals surface area contributed by atoms with Crippen molar-refractivity contribution in [1.82, 2.24) is 0 Å². The zero-order valence-electron chi connectivity index (χ0n) is 12.4. The Bertz CT molecular complexity index is 469. The lowest BCUT2D eigenvalue weighted by Crippen LogP contribution is -2.49. The van der Waals surface area contributed by atoms with Crippen LogP contribution in [0, 0.1) is 10.8 Å². The van der Waals surface area contributed by atoms with E-state index in [1.165, 1.54) is 5.56 Å². The molecular formula is C17H24O. The van der Waals surface area contributed by atoms with Crippen LogP contribution in [-0.4, -0.2) is 5.78 Å². The molecule has 0 atom stereocenters. The second-order valence-electron chi connectivity index (χ2n) is 7.55. The molecule has 0 unspecified atom stereocenters. The topological polar surface area (TPSA) is 17.1 Å². The van der Waals surface area contributed by atoms with Crippen LogP contribution >= 0.6 is 0 Å². The molecule has 0 saturated carbocycles. The summed E-state index contributed by atoms with van der Waals surface area (Å²) in [4.78, 5) is 12.4. The number of benzene rings is 1. The molecule has 1 aliphatic rings. The van der Waals surface area contributed by atoms with E-state index in [1.807, 2.05) is 12.1 Å². The lowest BCUT2D eigenvalue weighted by atomic mass is 9.51. The third kappa shape index (κ3) is 1.56. The van der Waals surface area contributed by atoms with Gasteiger partial charge in [-0.05, 0) is 16.4 Å². The normalized spacial score (nSPS) is 18.9. The summed E-state index contributed by atoms with van der Waals surface area (Å²) < 4.78 is 0. The van der Waals surface area contributed by atoms with Crippen LogP contribution < -0.4 is 0 Å². The van der Waals surface area contributed by atoms with Gasteiger partial charge >= 0.3 is 0 Å². The van der Waals surface area contributed by atoms with Crippen molar-refractivity contribution in [2.75, 3.05) is 0 Å². The van der Waals surface area contributed by atoms with Crippen molar-refractivity contribution in [2.24, 2.45) is 10.8 Å². The van der Waals surface area contributed by atoms with Gasteiger partial charge in [-0.2, -0.15) is 0 Å². The van der Waals surface area contributed by atoms with E-state index in [0.717, 1.165) is 5.56 Å². The Morgan fingerprint density at radius 3 is 1.94 bits per heavy atom. The first kappa shape index (κ1) is 13.3. The van der Waals surface area contributed by atoms with E-state index < -0.39 is 0 Å². The minimum Gasteiger partial charge on any atom is -0.294 e. The van der Waals surface area contributed by atoms with Gasteiger partial charge in [-0.3, -0.25) is 4.79 Å². The number of ketones is 1. The van der Waals surface area contributed by atoms with E-state index in [4.69, 9.17) is 0 Å². The highest BCUT2D eigenvalue weighted by Gasteiger charge is 2.57. The van der Waals surface area contributed by atoms with E-state index in [-0.39, 0.29) is 16.2 Å². The fourth-order valence-electron chi connectivity index (χ4n) is 3.99. The summed E-state index contributed by atoms with van der Waals surface area (Å²) in [5.41, 5.74) is 2.23. The molecule has 2 rings (SSSR count). The molecule has 0 saturated heterocycles. The zero-order chi connectivity index (χ0) is 13.8. The number of Topliss-reactive ketones (excluding diaryl/α,β-unsaturated/α-hetero) is 1. The molecule has 0 amide bonds. The van der Waals surface area contributed by atoms with E-state index >= 15 is 0 Å². The van der Waals surface area contributed by atoms with E-state index in [9.17, 15) is 4.79 Å². The average molecular weight is 244 g/mol. The van der Waals surface area contributed by atoms with Crippen LogP contribution in [0.3, 0.4) is 0 Å². The van der Waals surface area contributed by atoms with Gasteiger partial charge in [0.05, 0.1) is 0 Å². The maximum atomic E-state index is 12.4. The Hall–Kier alpha value is -1.11. The summed E-state index contributed by atoms with van der Waals surface area (Å²) in [6, 6.07) is 8.16. The number of rotatable bonds is 0. The van der Waals surface area contributed by atoms with Crippen molar-refractivity contribution in [3.63, 3.8) is 0 Å². The van der Waals surface area contributed by atoms with Crippen LogP contribution in [0.4, 0.5) is 0 Å². The maximum absolute atomic E-state index is 12.4. The molecule has 0 fully saturated rings. The van der Waals surface area contributed by atoms with Gasteiger partial charge < -0.3 is 0 Å². The first-order valence-corrected chi connectivity index (χ1v) is 6.74. The molecule has 0 heterocycles. The first-order chi connectivity index (χ1) is 8.11. The monoisotopic (exact) mass is 244 g/mol. The summed E-state index contributed by atoms with van der Waals surface area (Å²) >= 11 is 0. The highest BCUT2D eigenvalue weighted by atomic mass is 16.1.